The zero-order valence-corrected chi connectivity index (χ0v) is 6.29. The normalized spacial score (nSPS) is 13.5. The lowest BCUT2D eigenvalue weighted by atomic mass is 10.8. The molecule has 0 aliphatic rings. The predicted octanol–water partition coefficient (Wildman–Crippen LogP) is 0.377. The van der Waals surface area contributed by atoms with E-state index in [-0.39, 0.29) is 6.54 Å². The van der Waals surface area contributed by atoms with E-state index < -0.39 is 15.6 Å². The Morgan fingerprint density at radius 1 is 1.45 bits per heavy atom. The number of hydroxylamine groups is 1. The topological polar surface area (TPSA) is 55.4 Å². The van der Waals surface area contributed by atoms with Crippen LogP contribution in [0.4, 0.5) is 13.2 Å². The third-order valence-corrected chi connectivity index (χ3v) is 1.50. The van der Waals surface area contributed by atoms with Crippen LogP contribution in [0, 0.1) is 0 Å². The Morgan fingerprint density at radius 3 is 2.18 bits per heavy atom. The van der Waals surface area contributed by atoms with Gasteiger partial charge >= 0.3 is 15.6 Å². The Bertz CT molecular complexity index is 208. The van der Waals surface area contributed by atoms with Crippen molar-refractivity contribution in [1.29, 1.82) is 0 Å². The smallest absolute Gasteiger partial charge is 0.188 e. The lowest BCUT2D eigenvalue weighted by Crippen LogP contribution is -2.31. The van der Waals surface area contributed by atoms with Crippen molar-refractivity contribution < 1.29 is 25.9 Å². The minimum Gasteiger partial charge on any atom is -0.188 e. The Morgan fingerprint density at radius 2 is 1.91 bits per heavy atom. The van der Waals surface area contributed by atoms with Crippen LogP contribution in [0.5, 0.6) is 0 Å². The van der Waals surface area contributed by atoms with Gasteiger partial charge in [0.15, 0.2) is 0 Å². The van der Waals surface area contributed by atoms with Gasteiger partial charge in [-0.3, -0.25) is 0 Å². The van der Waals surface area contributed by atoms with Crippen LogP contribution < -0.4 is 5.48 Å². The molecule has 0 saturated heterocycles. The minimum absolute atomic E-state index is 0.0324. The van der Waals surface area contributed by atoms with Crippen molar-refractivity contribution in [3.63, 3.8) is 0 Å². The molecular weight excluding hydrogens is 187 g/mol. The SMILES string of the molecule is CCNOS(=O)(=O)C(F)(F)F. The highest BCUT2D eigenvalue weighted by Crippen LogP contribution is 2.23. The predicted molar refractivity (Wildman–Crippen MR) is 29.7 cm³/mol. The first-order chi connectivity index (χ1) is 4.81. The van der Waals surface area contributed by atoms with Crippen LogP contribution in [-0.4, -0.2) is 20.5 Å². The standard InChI is InChI=1S/C3H6F3NO3S/c1-2-7-10-11(8,9)3(4,5)6/h7H,2H2,1H3. The first-order valence-electron chi connectivity index (χ1n) is 2.54. The first kappa shape index (κ1) is 10.7. The number of halogens is 3. The van der Waals surface area contributed by atoms with Gasteiger partial charge in [0.05, 0.1) is 0 Å². The molecule has 0 aliphatic carbocycles. The molecule has 0 rings (SSSR count). The molecule has 0 aromatic heterocycles. The van der Waals surface area contributed by atoms with Gasteiger partial charge in [0.2, 0.25) is 0 Å². The maximum atomic E-state index is 11.4. The highest BCUT2D eigenvalue weighted by Gasteiger charge is 2.47. The van der Waals surface area contributed by atoms with Crippen LogP contribution in [-0.2, 0) is 14.4 Å². The molecule has 0 radical (unpaired) electrons. The molecule has 4 nitrogen and oxygen atoms in total. The van der Waals surface area contributed by atoms with Crippen molar-refractivity contribution in [1.82, 2.24) is 5.48 Å². The van der Waals surface area contributed by atoms with Crippen molar-refractivity contribution in [2.24, 2.45) is 0 Å². The number of rotatable bonds is 3. The molecule has 0 bridgehead atoms. The summed E-state index contributed by atoms with van der Waals surface area (Å²) in [6.45, 7) is 1.36. The molecule has 0 aromatic carbocycles. The van der Waals surface area contributed by atoms with E-state index in [4.69, 9.17) is 0 Å². The summed E-state index contributed by atoms with van der Waals surface area (Å²) >= 11 is 0. The molecule has 0 spiro atoms. The van der Waals surface area contributed by atoms with Crippen molar-refractivity contribution in [2.75, 3.05) is 6.54 Å². The summed E-state index contributed by atoms with van der Waals surface area (Å²) in [4.78, 5) is 0. The van der Waals surface area contributed by atoms with Gasteiger partial charge in [-0.15, -0.1) is 0 Å². The average Bonchev–Trinajstić information content (AvgIpc) is 1.81. The monoisotopic (exact) mass is 193 g/mol. The fraction of sp³-hybridized carbons (Fsp3) is 1.00. The van der Waals surface area contributed by atoms with Crippen LogP contribution in [0.15, 0.2) is 0 Å². The molecular formula is C3H6F3NO3S. The van der Waals surface area contributed by atoms with E-state index in [2.05, 4.69) is 4.28 Å². The second-order valence-corrected chi connectivity index (χ2v) is 3.02. The fourth-order valence-corrected chi connectivity index (χ4v) is 0.551. The van der Waals surface area contributed by atoms with Crippen LogP contribution in [0.1, 0.15) is 6.92 Å². The average molecular weight is 193 g/mol. The van der Waals surface area contributed by atoms with Crippen molar-refractivity contribution in [3.8, 4) is 0 Å². The largest absolute Gasteiger partial charge is 0.524 e. The van der Waals surface area contributed by atoms with E-state index in [0.29, 0.717) is 0 Å². The molecule has 0 unspecified atom stereocenters. The summed E-state index contributed by atoms with van der Waals surface area (Å²) in [6, 6.07) is 0. The molecule has 0 aliphatic heterocycles. The third-order valence-electron chi connectivity index (χ3n) is 0.596. The molecule has 0 amide bonds. The quantitative estimate of drug-likeness (QED) is 0.520. The molecule has 11 heavy (non-hydrogen) atoms. The van der Waals surface area contributed by atoms with Gasteiger partial charge in [-0.05, 0) is 0 Å². The lowest BCUT2D eigenvalue weighted by molar-refractivity contribution is -0.0580. The van der Waals surface area contributed by atoms with Gasteiger partial charge < -0.3 is 0 Å². The molecule has 0 atom stereocenters. The zero-order chi connectivity index (χ0) is 9.12. The van der Waals surface area contributed by atoms with E-state index in [1.165, 1.54) is 6.92 Å². The van der Waals surface area contributed by atoms with Gasteiger partial charge in [0.1, 0.15) is 0 Å². The summed E-state index contributed by atoms with van der Waals surface area (Å²) < 4.78 is 57.6. The number of hydrogen-bond donors (Lipinski definition) is 1. The van der Waals surface area contributed by atoms with Crippen LogP contribution in [0.2, 0.25) is 0 Å². The molecule has 0 fully saturated rings. The Kier molecular flexibility index (Phi) is 3.27. The van der Waals surface area contributed by atoms with Gasteiger partial charge in [0, 0.05) is 6.54 Å². The summed E-state index contributed by atoms with van der Waals surface area (Å²) in [5.74, 6) is 0. The highest BCUT2D eigenvalue weighted by molar-refractivity contribution is 7.87. The van der Waals surface area contributed by atoms with Gasteiger partial charge in [-0.1, -0.05) is 6.92 Å². The Balaban J connectivity index is 4.26. The zero-order valence-electron chi connectivity index (χ0n) is 5.47. The highest BCUT2D eigenvalue weighted by atomic mass is 32.2. The van der Waals surface area contributed by atoms with Crippen LogP contribution in [0.25, 0.3) is 0 Å². The van der Waals surface area contributed by atoms with Crippen molar-refractivity contribution in [3.05, 3.63) is 0 Å². The summed E-state index contributed by atoms with van der Waals surface area (Å²) in [5.41, 5.74) is -3.78. The molecule has 0 saturated carbocycles. The maximum absolute atomic E-state index is 11.4. The Labute approximate surface area is 61.4 Å². The van der Waals surface area contributed by atoms with Gasteiger partial charge in [0.25, 0.3) is 0 Å². The van der Waals surface area contributed by atoms with Crippen LogP contribution in [0.3, 0.4) is 0 Å². The summed E-state index contributed by atoms with van der Waals surface area (Å²) in [7, 11) is -5.47. The van der Waals surface area contributed by atoms with E-state index in [9.17, 15) is 21.6 Å². The first-order valence-corrected chi connectivity index (χ1v) is 3.94. The molecule has 0 heterocycles. The molecule has 0 aromatic rings. The number of hydrogen-bond acceptors (Lipinski definition) is 4. The summed E-state index contributed by atoms with van der Waals surface area (Å²) in [6.07, 6.45) is 0. The van der Waals surface area contributed by atoms with E-state index in [0.717, 1.165) is 0 Å². The third kappa shape index (κ3) is 3.04. The molecule has 68 valence electrons. The van der Waals surface area contributed by atoms with Crippen molar-refractivity contribution >= 4 is 10.1 Å². The van der Waals surface area contributed by atoms with Crippen molar-refractivity contribution in [2.45, 2.75) is 12.4 Å². The minimum atomic E-state index is -5.47. The Hall–Kier alpha value is -0.340. The van der Waals surface area contributed by atoms with E-state index in [1.54, 1.807) is 5.48 Å². The van der Waals surface area contributed by atoms with E-state index in [1.807, 2.05) is 0 Å². The fourth-order valence-electron chi connectivity index (χ4n) is 0.184. The van der Waals surface area contributed by atoms with Crippen LogP contribution >= 0.6 is 0 Å². The van der Waals surface area contributed by atoms with Gasteiger partial charge in [-0.2, -0.15) is 31.4 Å². The molecule has 1 N–H and O–H groups in total. The number of nitrogens with one attached hydrogen (secondary N) is 1. The molecule has 8 heteroatoms. The second kappa shape index (κ2) is 3.37. The maximum Gasteiger partial charge on any atom is 0.524 e. The summed E-state index contributed by atoms with van der Waals surface area (Å²) in [5, 5.41) is 0. The van der Waals surface area contributed by atoms with Gasteiger partial charge in [-0.25, -0.2) is 0 Å². The van der Waals surface area contributed by atoms with E-state index >= 15 is 0 Å². The number of alkyl halides is 3. The second-order valence-electron chi connectivity index (χ2n) is 1.48. The lowest BCUT2D eigenvalue weighted by Gasteiger charge is -2.06.